The molecule has 1 rings (SSSR count). The lowest BCUT2D eigenvalue weighted by atomic mass is 9.97. The Balaban J connectivity index is 2.44. The van der Waals surface area contributed by atoms with Crippen molar-refractivity contribution >= 4 is 0 Å². The Kier molecular flexibility index (Phi) is 7.15. The van der Waals surface area contributed by atoms with E-state index in [1.807, 2.05) is 0 Å². The number of nitrogens with zero attached hydrogens (tertiary/aromatic N) is 1. The van der Waals surface area contributed by atoms with Crippen molar-refractivity contribution in [2.75, 3.05) is 21.1 Å². The molecule has 0 N–H and O–H groups in total. The molecule has 0 bridgehead atoms. The molecule has 0 aromatic heterocycles. The molecule has 0 fully saturated rings. The Morgan fingerprint density at radius 2 is 1.42 bits per heavy atom. The zero-order valence-corrected chi connectivity index (χ0v) is 13.4. The molecule has 19 heavy (non-hydrogen) atoms. The Morgan fingerprint density at radius 3 is 2.00 bits per heavy atom. The van der Waals surface area contributed by atoms with Crippen LogP contribution >= 0.6 is 0 Å². The minimum Gasteiger partial charge on any atom is -0.325 e. The quantitative estimate of drug-likeness (QED) is 0.424. The van der Waals surface area contributed by atoms with Crippen molar-refractivity contribution in [1.29, 1.82) is 0 Å². The van der Waals surface area contributed by atoms with Crippen LogP contribution in [0.2, 0.25) is 0 Å². The fourth-order valence-electron chi connectivity index (χ4n) is 2.79. The van der Waals surface area contributed by atoms with E-state index in [0.29, 0.717) is 6.04 Å². The Labute approximate surface area is 120 Å². The number of quaternary nitrogens is 1. The van der Waals surface area contributed by atoms with E-state index in [4.69, 9.17) is 0 Å². The highest BCUT2D eigenvalue weighted by molar-refractivity contribution is 5.17. The zero-order chi connectivity index (χ0) is 14.1. The predicted molar refractivity (Wildman–Crippen MR) is 85.2 cm³/mol. The number of unbranched alkanes of at least 4 members (excludes halogenated alkanes) is 5. The molecule has 1 nitrogen and oxygen atoms in total. The molecule has 0 aliphatic carbocycles. The lowest BCUT2D eigenvalue weighted by Gasteiger charge is -2.34. The highest BCUT2D eigenvalue weighted by Gasteiger charge is 2.24. The molecule has 0 amide bonds. The van der Waals surface area contributed by atoms with Gasteiger partial charge in [0, 0.05) is 12.0 Å². The molecule has 108 valence electrons. The summed E-state index contributed by atoms with van der Waals surface area (Å²) in [7, 11) is 6.94. The van der Waals surface area contributed by atoms with Crippen LogP contribution in [0, 0.1) is 0 Å². The maximum atomic E-state index is 2.31. The van der Waals surface area contributed by atoms with Crippen LogP contribution in [0.15, 0.2) is 30.3 Å². The van der Waals surface area contributed by atoms with Gasteiger partial charge in [0.1, 0.15) is 6.04 Å². The molecule has 0 aliphatic rings. The highest BCUT2D eigenvalue weighted by atomic mass is 15.3. The summed E-state index contributed by atoms with van der Waals surface area (Å²) in [6.45, 7) is 2.28. The lowest BCUT2D eigenvalue weighted by molar-refractivity contribution is -0.902. The van der Waals surface area contributed by atoms with Crippen molar-refractivity contribution in [1.82, 2.24) is 0 Å². The van der Waals surface area contributed by atoms with Gasteiger partial charge >= 0.3 is 0 Å². The third kappa shape index (κ3) is 6.24. The average molecular weight is 262 g/mol. The summed E-state index contributed by atoms with van der Waals surface area (Å²) < 4.78 is 1.03. The molecule has 0 saturated heterocycles. The van der Waals surface area contributed by atoms with Crippen molar-refractivity contribution in [2.24, 2.45) is 0 Å². The van der Waals surface area contributed by atoms with Gasteiger partial charge in [-0.05, 0) is 6.42 Å². The van der Waals surface area contributed by atoms with E-state index in [-0.39, 0.29) is 0 Å². The normalized spacial score (nSPS) is 13.5. The molecule has 1 aromatic carbocycles. The first-order chi connectivity index (χ1) is 9.05. The van der Waals surface area contributed by atoms with Crippen LogP contribution in [-0.2, 0) is 0 Å². The Morgan fingerprint density at radius 1 is 0.842 bits per heavy atom. The first-order valence-corrected chi connectivity index (χ1v) is 7.91. The Bertz CT molecular complexity index is 323. The van der Waals surface area contributed by atoms with Crippen molar-refractivity contribution in [3.63, 3.8) is 0 Å². The maximum absolute atomic E-state index is 2.31. The fraction of sp³-hybridized carbons (Fsp3) is 0.667. The summed E-state index contributed by atoms with van der Waals surface area (Å²) in [6.07, 6.45) is 9.62. The molecule has 1 aromatic rings. The lowest BCUT2D eigenvalue weighted by Crippen LogP contribution is -2.38. The van der Waals surface area contributed by atoms with Gasteiger partial charge in [-0.3, -0.25) is 0 Å². The Hall–Kier alpha value is -0.820. The molecule has 0 spiro atoms. The van der Waals surface area contributed by atoms with E-state index in [2.05, 4.69) is 58.4 Å². The summed E-state index contributed by atoms with van der Waals surface area (Å²) in [5.74, 6) is 0. The van der Waals surface area contributed by atoms with E-state index in [1.54, 1.807) is 0 Å². The van der Waals surface area contributed by atoms with Gasteiger partial charge in [0.05, 0.1) is 21.1 Å². The van der Waals surface area contributed by atoms with Crippen molar-refractivity contribution in [2.45, 2.75) is 57.9 Å². The number of rotatable bonds is 9. The van der Waals surface area contributed by atoms with E-state index in [9.17, 15) is 0 Å². The van der Waals surface area contributed by atoms with Gasteiger partial charge in [-0.25, -0.2) is 0 Å². The van der Waals surface area contributed by atoms with Gasteiger partial charge in [0.25, 0.3) is 0 Å². The van der Waals surface area contributed by atoms with E-state index >= 15 is 0 Å². The van der Waals surface area contributed by atoms with Crippen LogP contribution in [0.3, 0.4) is 0 Å². The monoisotopic (exact) mass is 262 g/mol. The SMILES string of the molecule is CCCCCCCCC(c1ccccc1)[N+](C)(C)C. The van der Waals surface area contributed by atoms with Crippen LogP contribution in [0.1, 0.15) is 63.5 Å². The summed E-state index contributed by atoms with van der Waals surface area (Å²) in [6, 6.07) is 11.6. The molecule has 0 heterocycles. The molecule has 0 radical (unpaired) electrons. The van der Waals surface area contributed by atoms with E-state index in [0.717, 1.165) is 4.48 Å². The van der Waals surface area contributed by atoms with Crippen molar-refractivity contribution in [3.05, 3.63) is 35.9 Å². The highest BCUT2D eigenvalue weighted by Crippen LogP contribution is 2.28. The first-order valence-electron chi connectivity index (χ1n) is 7.91. The third-order valence-corrected chi connectivity index (χ3v) is 3.95. The average Bonchev–Trinajstić information content (AvgIpc) is 2.37. The number of hydrogen-bond donors (Lipinski definition) is 0. The topological polar surface area (TPSA) is 0 Å². The van der Waals surface area contributed by atoms with Gasteiger partial charge < -0.3 is 4.48 Å². The molecule has 0 aliphatic heterocycles. The van der Waals surface area contributed by atoms with Crippen LogP contribution in [0.25, 0.3) is 0 Å². The molecular weight excluding hydrogens is 230 g/mol. The van der Waals surface area contributed by atoms with Crippen LogP contribution in [0.5, 0.6) is 0 Å². The van der Waals surface area contributed by atoms with Crippen LogP contribution in [0.4, 0.5) is 0 Å². The largest absolute Gasteiger partial charge is 0.325 e. The smallest absolute Gasteiger partial charge is 0.114 e. The molecule has 0 saturated carbocycles. The van der Waals surface area contributed by atoms with E-state index < -0.39 is 0 Å². The second-order valence-corrected chi connectivity index (χ2v) is 6.60. The summed E-state index contributed by atoms with van der Waals surface area (Å²) >= 11 is 0. The summed E-state index contributed by atoms with van der Waals surface area (Å²) in [5.41, 5.74) is 1.49. The van der Waals surface area contributed by atoms with E-state index in [1.165, 1.54) is 50.5 Å². The number of benzene rings is 1. The predicted octanol–water partition coefficient (Wildman–Crippen LogP) is 5.18. The summed E-state index contributed by atoms with van der Waals surface area (Å²) in [4.78, 5) is 0. The zero-order valence-electron chi connectivity index (χ0n) is 13.4. The number of hydrogen-bond acceptors (Lipinski definition) is 0. The molecule has 1 heteroatoms. The van der Waals surface area contributed by atoms with Crippen LogP contribution in [-0.4, -0.2) is 25.6 Å². The third-order valence-electron chi connectivity index (χ3n) is 3.95. The van der Waals surface area contributed by atoms with Gasteiger partial charge in [-0.15, -0.1) is 0 Å². The maximum Gasteiger partial charge on any atom is 0.114 e. The standard InChI is InChI=1S/C18H32N/c1-5-6-7-8-9-13-16-18(19(2,3)4)17-14-11-10-12-15-17/h10-12,14-15,18H,5-9,13,16H2,1-4H3/q+1. The van der Waals surface area contributed by atoms with Gasteiger partial charge in [-0.2, -0.15) is 0 Å². The van der Waals surface area contributed by atoms with Crippen LogP contribution < -0.4 is 0 Å². The molecule has 1 unspecified atom stereocenters. The minimum absolute atomic E-state index is 0.632. The van der Waals surface area contributed by atoms with Crippen molar-refractivity contribution < 1.29 is 4.48 Å². The molecule has 1 atom stereocenters. The second-order valence-electron chi connectivity index (χ2n) is 6.60. The van der Waals surface area contributed by atoms with Gasteiger partial charge in [0.2, 0.25) is 0 Å². The molecular formula is C18H32N+. The minimum atomic E-state index is 0.632. The van der Waals surface area contributed by atoms with Gasteiger partial charge in [-0.1, -0.05) is 69.4 Å². The fourth-order valence-corrected chi connectivity index (χ4v) is 2.79. The van der Waals surface area contributed by atoms with Crippen molar-refractivity contribution in [3.8, 4) is 0 Å². The van der Waals surface area contributed by atoms with Gasteiger partial charge in [0.15, 0.2) is 0 Å². The second kappa shape index (κ2) is 8.37. The first kappa shape index (κ1) is 16.2. The summed E-state index contributed by atoms with van der Waals surface area (Å²) in [5, 5.41) is 0.